The Morgan fingerprint density at radius 3 is 2.28 bits per heavy atom. The summed E-state index contributed by atoms with van der Waals surface area (Å²) < 4.78 is 4.90. The molecule has 0 radical (unpaired) electrons. The van der Waals surface area contributed by atoms with Crippen LogP contribution in [0.5, 0.6) is 5.75 Å². The van der Waals surface area contributed by atoms with Crippen LogP contribution in [0.3, 0.4) is 0 Å². The number of nitrogens with two attached hydrogens (primary N) is 2. The number of likely N-dealkylation sites (tertiary alicyclic amines) is 1. The van der Waals surface area contributed by atoms with Crippen LogP contribution < -0.4 is 16.2 Å². The molecule has 1 amide bonds. The molecule has 29 heavy (non-hydrogen) atoms. The highest BCUT2D eigenvalue weighted by Gasteiger charge is 2.11. The minimum atomic E-state index is -0.664. The first kappa shape index (κ1) is 27.0. The summed E-state index contributed by atoms with van der Waals surface area (Å²) in [6.07, 6.45) is 7.46. The molecule has 0 spiro atoms. The number of carbonyl (C=O) groups is 2. The lowest BCUT2D eigenvalue weighted by Gasteiger charge is -2.26. The van der Waals surface area contributed by atoms with E-state index in [0.29, 0.717) is 17.9 Å². The Bertz CT molecular complexity index is 622. The second-order valence-electron chi connectivity index (χ2n) is 6.54. The summed E-state index contributed by atoms with van der Waals surface area (Å²) in [5.74, 6) is -0.934. The number of aliphatic hydroxyl groups is 1. The predicted molar refractivity (Wildman–Crippen MR) is 115 cm³/mol. The van der Waals surface area contributed by atoms with Crippen molar-refractivity contribution in [3.8, 4) is 5.75 Å². The monoisotopic (exact) mass is 431 g/mol. The van der Waals surface area contributed by atoms with Crippen molar-refractivity contribution in [1.82, 2.24) is 4.90 Å². The maximum atomic E-state index is 10.9. The van der Waals surface area contributed by atoms with Crippen molar-refractivity contribution in [2.45, 2.75) is 44.9 Å². The van der Waals surface area contributed by atoms with E-state index in [9.17, 15) is 9.59 Å². The summed E-state index contributed by atoms with van der Waals surface area (Å²) in [6.45, 7) is 3.66. The fraction of sp³-hybridized carbons (Fsp3) is 0.600. The number of unbranched alkanes of at least 4 members (excludes halogenated alkanes) is 2. The number of hydrogen-bond acceptors (Lipinski definition) is 6. The number of amides is 1. The summed E-state index contributed by atoms with van der Waals surface area (Å²) in [6, 6.07) is 2.85. The van der Waals surface area contributed by atoms with E-state index in [1.165, 1.54) is 58.1 Å². The first-order chi connectivity index (χ1) is 13.8. The second-order valence-corrected chi connectivity index (χ2v) is 6.95. The van der Waals surface area contributed by atoms with Crippen LogP contribution in [0.4, 0.5) is 5.69 Å². The van der Waals surface area contributed by atoms with Crippen LogP contribution >= 0.6 is 11.6 Å². The molecule has 2 rings (SSSR count). The summed E-state index contributed by atoms with van der Waals surface area (Å²) in [4.78, 5) is 23.6. The summed E-state index contributed by atoms with van der Waals surface area (Å²) in [7, 11) is 2.43. The number of nitrogens with zero attached hydrogens (tertiary/aromatic N) is 1. The van der Waals surface area contributed by atoms with Gasteiger partial charge < -0.3 is 31.3 Å². The number of benzene rings is 1. The number of carboxylic acids is 1. The van der Waals surface area contributed by atoms with E-state index in [1.807, 2.05) is 0 Å². The van der Waals surface area contributed by atoms with Gasteiger partial charge in [0.1, 0.15) is 5.75 Å². The Morgan fingerprint density at radius 2 is 1.76 bits per heavy atom. The second kappa shape index (κ2) is 15.8. The third-order valence-corrected chi connectivity index (χ3v) is 4.73. The zero-order chi connectivity index (χ0) is 22.2. The molecule has 0 aliphatic carbocycles. The van der Waals surface area contributed by atoms with Crippen LogP contribution in [0.25, 0.3) is 0 Å². The van der Waals surface area contributed by atoms with Gasteiger partial charge in [-0.1, -0.05) is 24.4 Å². The third-order valence-electron chi connectivity index (χ3n) is 4.40. The van der Waals surface area contributed by atoms with Gasteiger partial charge in [0.25, 0.3) is 5.91 Å². The number of methoxy groups -OCH3 is 1. The molecule has 166 valence electrons. The summed E-state index contributed by atoms with van der Waals surface area (Å²) in [5.41, 5.74) is 11.2. The molecular formula is C20H34ClN3O5. The largest absolute Gasteiger partial charge is 0.496 e. The molecule has 0 saturated carbocycles. The molecule has 1 heterocycles. The van der Waals surface area contributed by atoms with Crippen molar-refractivity contribution in [3.63, 3.8) is 0 Å². The number of nitrogen functional groups attached to an aromatic ring is 1. The van der Waals surface area contributed by atoms with Crippen molar-refractivity contribution in [1.29, 1.82) is 0 Å². The van der Waals surface area contributed by atoms with Gasteiger partial charge in [0, 0.05) is 19.6 Å². The van der Waals surface area contributed by atoms with Gasteiger partial charge in [-0.25, -0.2) is 0 Å². The number of aliphatic carboxylic acids is 1. The van der Waals surface area contributed by atoms with Gasteiger partial charge in [0.15, 0.2) is 0 Å². The van der Waals surface area contributed by atoms with Crippen molar-refractivity contribution < 1.29 is 24.5 Å². The Morgan fingerprint density at radius 1 is 1.14 bits per heavy atom. The number of piperidine rings is 1. The number of carbonyl (C=O) groups excluding carboxylic acids is 1. The van der Waals surface area contributed by atoms with E-state index in [0.717, 1.165) is 26.4 Å². The number of carboxylic acid groups (broad SMARTS) is 1. The first-order valence-corrected chi connectivity index (χ1v) is 10.0. The molecule has 1 aliphatic heterocycles. The number of rotatable bonds is 8. The first-order valence-electron chi connectivity index (χ1n) is 9.66. The molecule has 1 aliphatic rings. The smallest absolute Gasteiger partial charge is 0.303 e. The van der Waals surface area contributed by atoms with E-state index < -0.39 is 11.9 Å². The van der Waals surface area contributed by atoms with Crippen LogP contribution in [-0.2, 0) is 4.79 Å². The van der Waals surface area contributed by atoms with E-state index in [1.54, 1.807) is 0 Å². The standard InChI is InChI=1S/C11H21NO2.C8H9ClN2O2.CH4O/c13-11(14)7-3-1-4-8-12-9-5-2-6-10-12;1-13-7-3-6(10)5(9)2-4(7)8(11)12;1-2/h1-10H2,(H,13,14);2-3H,10H2,1H3,(H2,11,12);2H,1H3. The van der Waals surface area contributed by atoms with Crippen LogP contribution in [0, 0.1) is 0 Å². The van der Waals surface area contributed by atoms with Gasteiger partial charge in [-0.2, -0.15) is 0 Å². The minimum absolute atomic E-state index is 0.224. The van der Waals surface area contributed by atoms with Gasteiger partial charge >= 0.3 is 5.97 Å². The molecule has 0 atom stereocenters. The topological polar surface area (TPSA) is 139 Å². The highest BCUT2D eigenvalue weighted by molar-refractivity contribution is 6.33. The number of halogens is 1. The molecule has 9 heteroatoms. The molecule has 0 aromatic heterocycles. The van der Waals surface area contributed by atoms with Crippen LogP contribution in [0.15, 0.2) is 12.1 Å². The Labute approximate surface area is 177 Å². The number of anilines is 1. The predicted octanol–water partition coefficient (Wildman–Crippen LogP) is 2.76. The minimum Gasteiger partial charge on any atom is -0.496 e. The zero-order valence-corrected chi connectivity index (χ0v) is 18.1. The zero-order valence-electron chi connectivity index (χ0n) is 17.3. The molecule has 0 unspecified atom stereocenters. The highest BCUT2D eigenvalue weighted by atomic mass is 35.5. The lowest BCUT2D eigenvalue weighted by Crippen LogP contribution is -2.30. The lowest BCUT2D eigenvalue weighted by molar-refractivity contribution is -0.137. The normalized spacial score (nSPS) is 13.4. The molecule has 0 bridgehead atoms. The van der Waals surface area contributed by atoms with Crippen LogP contribution in [-0.4, -0.2) is 60.8 Å². The van der Waals surface area contributed by atoms with Gasteiger partial charge in [-0.15, -0.1) is 0 Å². The Hall–Kier alpha value is -2.03. The van der Waals surface area contributed by atoms with E-state index >= 15 is 0 Å². The average Bonchev–Trinajstić information content (AvgIpc) is 2.72. The van der Waals surface area contributed by atoms with Gasteiger partial charge in [0.2, 0.25) is 0 Å². The quantitative estimate of drug-likeness (QED) is 0.366. The average molecular weight is 432 g/mol. The molecule has 1 saturated heterocycles. The number of primary amides is 1. The van der Waals surface area contributed by atoms with Crippen molar-refractivity contribution in [2.24, 2.45) is 5.73 Å². The van der Waals surface area contributed by atoms with Gasteiger partial charge in [-0.3, -0.25) is 9.59 Å². The van der Waals surface area contributed by atoms with E-state index in [2.05, 4.69) is 4.90 Å². The van der Waals surface area contributed by atoms with E-state index in [4.69, 9.17) is 38.0 Å². The highest BCUT2D eigenvalue weighted by Crippen LogP contribution is 2.28. The SMILES string of the molecule is CO.COc1cc(N)c(Cl)cc1C(N)=O.O=C(O)CCCCCN1CCCCC1. The number of ether oxygens (including phenoxy) is 1. The molecule has 1 aromatic carbocycles. The molecule has 1 aromatic rings. The lowest BCUT2D eigenvalue weighted by atomic mass is 10.1. The third kappa shape index (κ3) is 11.5. The molecular weight excluding hydrogens is 398 g/mol. The van der Waals surface area contributed by atoms with Crippen LogP contribution in [0.1, 0.15) is 55.3 Å². The van der Waals surface area contributed by atoms with Gasteiger partial charge in [-0.05, 0) is 51.4 Å². The molecule has 8 nitrogen and oxygen atoms in total. The number of aliphatic hydroxyl groups excluding tert-OH is 1. The summed E-state index contributed by atoms with van der Waals surface area (Å²) >= 11 is 5.70. The molecule has 1 fully saturated rings. The molecule has 6 N–H and O–H groups in total. The van der Waals surface area contributed by atoms with Gasteiger partial charge in [0.05, 0.1) is 23.4 Å². The van der Waals surface area contributed by atoms with E-state index in [-0.39, 0.29) is 10.6 Å². The Balaban J connectivity index is 0.000000499. The maximum absolute atomic E-state index is 10.9. The maximum Gasteiger partial charge on any atom is 0.303 e. The fourth-order valence-electron chi connectivity index (χ4n) is 2.90. The van der Waals surface area contributed by atoms with Crippen molar-refractivity contribution >= 4 is 29.2 Å². The number of hydrogen-bond donors (Lipinski definition) is 4. The fourth-order valence-corrected chi connectivity index (χ4v) is 3.07. The van der Waals surface area contributed by atoms with Crippen molar-refractivity contribution in [3.05, 3.63) is 22.7 Å². The van der Waals surface area contributed by atoms with Crippen LogP contribution in [0.2, 0.25) is 5.02 Å². The Kier molecular flexibility index (Phi) is 14.7. The summed E-state index contributed by atoms with van der Waals surface area (Å²) in [5, 5.41) is 15.7. The van der Waals surface area contributed by atoms with Crippen molar-refractivity contribution in [2.75, 3.05) is 39.6 Å².